The van der Waals surface area contributed by atoms with Crippen LogP contribution in [0.15, 0.2) is 0 Å². The van der Waals surface area contributed by atoms with Gasteiger partial charge in [0, 0.05) is 5.92 Å². The average Bonchev–Trinajstić information content (AvgIpc) is 2.83. The predicted molar refractivity (Wildman–Crippen MR) is 62.3 cm³/mol. The standard InChI is InChI=1S/C13H22O4/c1-12(2,3)17-11(14)9-6-8(9)10-7-15-13(4,5)16-10/h8-10H,6-7H2,1-5H3/t8-,9-,10-/m0/s1. The molecule has 0 aromatic rings. The molecule has 2 rings (SSSR count). The maximum atomic E-state index is 11.8. The van der Waals surface area contributed by atoms with E-state index in [0.29, 0.717) is 6.61 Å². The first-order valence-corrected chi connectivity index (χ1v) is 6.23. The molecule has 3 atom stereocenters. The van der Waals surface area contributed by atoms with Crippen molar-refractivity contribution in [3.63, 3.8) is 0 Å². The average molecular weight is 242 g/mol. The lowest BCUT2D eigenvalue weighted by Crippen LogP contribution is -2.27. The van der Waals surface area contributed by atoms with Crippen molar-refractivity contribution in [1.29, 1.82) is 0 Å². The van der Waals surface area contributed by atoms with Crippen molar-refractivity contribution in [2.75, 3.05) is 6.61 Å². The van der Waals surface area contributed by atoms with E-state index < -0.39 is 11.4 Å². The fraction of sp³-hybridized carbons (Fsp3) is 0.923. The smallest absolute Gasteiger partial charge is 0.309 e. The summed E-state index contributed by atoms with van der Waals surface area (Å²) in [4.78, 5) is 11.8. The number of hydrogen-bond donors (Lipinski definition) is 0. The monoisotopic (exact) mass is 242 g/mol. The molecule has 0 N–H and O–H groups in total. The summed E-state index contributed by atoms with van der Waals surface area (Å²) in [5, 5.41) is 0. The van der Waals surface area contributed by atoms with Crippen LogP contribution in [0.25, 0.3) is 0 Å². The van der Waals surface area contributed by atoms with Crippen LogP contribution in [0.1, 0.15) is 41.0 Å². The van der Waals surface area contributed by atoms with Gasteiger partial charge in [-0.1, -0.05) is 0 Å². The molecule has 0 amide bonds. The van der Waals surface area contributed by atoms with Gasteiger partial charge in [-0.3, -0.25) is 4.79 Å². The zero-order valence-electron chi connectivity index (χ0n) is 11.3. The van der Waals surface area contributed by atoms with Gasteiger partial charge in [0.05, 0.1) is 18.6 Å². The molecule has 0 bridgehead atoms. The molecule has 1 saturated heterocycles. The van der Waals surface area contributed by atoms with Crippen molar-refractivity contribution in [1.82, 2.24) is 0 Å². The minimum atomic E-state index is -0.508. The fourth-order valence-electron chi connectivity index (χ4n) is 2.20. The number of ether oxygens (including phenoxy) is 3. The van der Waals surface area contributed by atoms with Gasteiger partial charge in [0.1, 0.15) is 5.60 Å². The maximum absolute atomic E-state index is 11.8. The normalized spacial score (nSPS) is 35.7. The van der Waals surface area contributed by atoms with Crippen LogP contribution in [-0.2, 0) is 19.0 Å². The summed E-state index contributed by atoms with van der Waals surface area (Å²) >= 11 is 0. The van der Waals surface area contributed by atoms with Crippen LogP contribution in [-0.4, -0.2) is 30.1 Å². The lowest BCUT2D eigenvalue weighted by molar-refractivity contribution is -0.159. The summed E-state index contributed by atoms with van der Waals surface area (Å²) in [6.45, 7) is 10.1. The van der Waals surface area contributed by atoms with Gasteiger partial charge < -0.3 is 14.2 Å². The Morgan fingerprint density at radius 2 is 2.00 bits per heavy atom. The number of esters is 1. The van der Waals surface area contributed by atoms with Gasteiger partial charge in [0.25, 0.3) is 0 Å². The zero-order chi connectivity index (χ0) is 12.8. The van der Waals surface area contributed by atoms with Crippen LogP contribution in [0.5, 0.6) is 0 Å². The lowest BCUT2D eigenvalue weighted by Gasteiger charge is -2.20. The Hall–Kier alpha value is -0.610. The molecule has 0 aromatic carbocycles. The second-order valence-electron chi connectivity index (χ2n) is 6.41. The van der Waals surface area contributed by atoms with E-state index in [2.05, 4.69) is 0 Å². The van der Waals surface area contributed by atoms with Gasteiger partial charge in [0.15, 0.2) is 5.79 Å². The Bertz CT molecular complexity index is 316. The zero-order valence-corrected chi connectivity index (χ0v) is 11.3. The third-order valence-corrected chi connectivity index (χ3v) is 3.06. The fourth-order valence-corrected chi connectivity index (χ4v) is 2.20. The molecule has 0 spiro atoms. The lowest BCUT2D eigenvalue weighted by atomic mass is 10.1. The van der Waals surface area contributed by atoms with E-state index in [9.17, 15) is 4.79 Å². The Morgan fingerprint density at radius 1 is 1.35 bits per heavy atom. The summed E-state index contributed by atoms with van der Waals surface area (Å²) in [6.07, 6.45) is 0.904. The van der Waals surface area contributed by atoms with Gasteiger partial charge in [-0.05, 0) is 41.0 Å². The van der Waals surface area contributed by atoms with E-state index in [0.717, 1.165) is 6.42 Å². The van der Waals surface area contributed by atoms with Crippen LogP contribution in [0.2, 0.25) is 0 Å². The van der Waals surface area contributed by atoms with Crippen molar-refractivity contribution in [2.45, 2.75) is 58.5 Å². The third kappa shape index (κ3) is 3.19. The quantitative estimate of drug-likeness (QED) is 0.696. The number of carbonyl (C=O) groups excluding carboxylic acids is 1. The summed E-state index contributed by atoms with van der Waals surface area (Å²) < 4.78 is 16.6. The molecular formula is C13H22O4. The van der Waals surface area contributed by atoms with E-state index in [1.165, 1.54) is 0 Å². The molecule has 1 saturated carbocycles. The molecule has 1 aliphatic heterocycles. The van der Waals surface area contributed by atoms with E-state index in [4.69, 9.17) is 14.2 Å². The minimum absolute atomic E-state index is 0.00303. The van der Waals surface area contributed by atoms with Crippen molar-refractivity contribution in [3.05, 3.63) is 0 Å². The second kappa shape index (κ2) is 3.95. The molecule has 0 radical (unpaired) electrons. The van der Waals surface area contributed by atoms with Gasteiger partial charge >= 0.3 is 5.97 Å². The molecule has 4 heteroatoms. The number of hydrogen-bond acceptors (Lipinski definition) is 4. The SMILES string of the molecule is CC(C)(C)OC(=O)[C@H]1C[C@@H]1[C@@H]1COC(C)(C)O1. The molecule has 4 nitrogen and oxygen atoms in total. The van der Waals surface area contributed by atoms with Crippen molar-refractivity contribution >= 4 is 5.97 Å². The number of carbonyl (C=O) groups is 1. The van der Waals surface area contributed by atoms with Gasteiger partial charge in [-0.2, -0.15) is 0 Å². The Kier molecular flexibility index (Phi) is 2.99. The Balaban J connectivity index is 1.83. The van der Waals surface area contributed by atoms with Crippen LogP contribution < -0.4 is 0 Å². The van der Waals surface area contributed by atoms with E-state index in [-0.39, 0.29) is 23.9 Å². The van der Waals surface area contributed by atoms with Crippen LogP contribution in [0, 0.1) is 11.8 Å². The first-order chi connectivity index (χ1) is 7.68. The highest BCUT2D eigenvalue weighted by Crippen LogP contribution is 2.46. The van der Waals surface area contributed by atoms with Gasteiger partial charge in [0.2, 0.25) is 0 Å². The van der Waals surface area contributed by atoms with E-state index in [1.54, 1.807) is 0 Å². The van der Waals surface area contributed by atoms with Crippen LogP contribution in [0.3, 0.4) is 0 Å². The highest BCUT2D eigenvalue weighted by Gasteiger charge is 2.53. The van der Waals surface area contributed by atoms with Crippen molar-refractivity contribution in [2.24, 2.45) is 11.8 Å². The molecular weight excluding hydrogens is 220 g/mol. The molecule has 2 aliphatic rings. The molecule has 1 heterocycles. The summed E-state index contributed by atoms with van der Waals surface area (Å²) in [5.74, 6) is -0.342. The number of rotatable bonds is 2. The Labute approximate surface area is 103 Å². The first-order valence-electron chi connectivity index (χ1n) is 6.23. The molecule has 98 valence electrons. The van der Waals surface area contributed by atoms with Crippen LogP contribution in [0.4, 0.5) is 0 Å². The topological polar surface area (TPSA) is 44.8 Å². The molecule has 2 fully saturated rings. The third-order valence-electron chi connectivity index (χ3n) is 3.06. The highest BCUT2D eigenvalue weighted by atomic mass is 16.7. The largest absolute Gasteiger partial charge is 0.460 e. The summed E-state index contributed by atoms with van der Waals surface area (Å²) in [5.41, 5.74) is -0.406. The molecule has 17 heavy (non-hydrogen) atoms. The van der Waals surface area contributed by atoms with Crippen LogP contribution >= 0.6 is 0 Å². The molecule has 1 aliphatic carbocycles. The van der Waals surface area contributed by atoms with E-state index in [1.807, 2.05) is 34.6 Å². The molecule has 0 aromatic heterocycles. The molecule has 0 unspecified atom stereocenters. The Morgan fingerprint density at radius 3 is 2.47 bits per heavy atom. The van der Waals surface area contributed by atoms with Gasteiger partial charge in [-0.25, -0.2) is 0 Å². The minimum Gasteiger partial charge on any atom is -0.460 e. The van der Waals surface area contributed by atoms with Crippen molar-refractivity contribution < 1.29 is 19.0 Å². The maximum Gasteiger partial charge on any atom is 0.309 e. The van der Waals surface area contributed by atoms with Gasteiger partial charge in [-0.15, -0.1) is 0 Å². The highest BCUT2D eigenvalue weighted by molar-refractivity contribution is 5.76. The van der Waals surface area contributed by atoms with E-state index >= 15 is 0 Å². The summed E-state index contributed by atoms with van der Waals surface area (Å²) in [7, 11) is 0. The predicted octanol–water partition coefficient (Wildman–Crippen LogP) is 2.12. The summed E-state index contributed by atoms with van der Waals surface area (Å²) in [6, 6.07) is 0. The second-order valence-corrected chi connectivity index (χ2v) is 6.41. The first kappa shape index (κ1) is 12.8. The van der Waals surface area contributed by atoms with Crippen molar-refractivity contribution in [3.8, 4) is 0 Å².